The summed E-state index contributed by atoms with van der Waals surface area (Å²) in [5, 5.41) is 12.1. The summed E-state index contributed by atoms with van der Waals surface area (Å²) in [5.41, 5.74) is 0.291. The second-order valence-electron chi connectivity index (χ2n) is 6.57. The molecule has 0 spiro atoms. The van der Waals surface area contributed by atoms with Crippen LogP contribution < -0.4 is 15.0 Å². The number of rotatable bonds is 9. The summed E-state index contributed by atoms with van der Waals surface area (Å²) in [6, 6.07) is 10.0. The number of nitrogens with zero attached hydrogens (tertiary/aromatic N) is 1. The Bertz CT molecular complexity index is 590. The van der Waals surface area contributed by atoms with Gasteiger partial charge in [-0.15, -0.1) is 0 Å². The summed E-state index contributed by atoms with van der Waals surface area (Å²) in [6.45, 7) is 10.8. The highest BCUT2D eigenvalue weighted by Gasteiger charge is 2.30. The van der Waals surface area contributed by atoms with Gasteiger partial charge in [-0.2, -0.15) is 5.26 Å². The van der Waals surface area contributed by atoms with Crippen molar-refractivity contribution in [3.8, 4) is 11.8 Å². The lowest BCUT2D eigenvalue weighted by molar-refractivity contribution is -0.885. The van der Waals surface area contributed by atoms with Gasteiger partial charge in [-0.1, -0.05) is 26.5 Å². The fourth-order valence-electron chi connectivity index (χ4n) is 2.18. The molecule has 1 aromatic rings. The third-order valence-corrected chi connectivity index (χ3v) is 4.05. The maximum absolute atomic E-state index is 12.2. The molecular weight excluding hydrogens is 302 g/mol. The monoisotopic (exact) mass is 330 g/mol. The van der Waals surface area contributed by atoms with Gasteiger partial charge in [0.15, 0.2) is 6.54 Å². The van der Waals surface area contributed by atoms with Gasteiger partial charge in [0.25, 0.3) is 5.91 Å². The minimum Gasteiger partial charge on any atom is -0.490 e. The molecule has 24 heavy (non-hydrogen) atoms. The normalized spacial score (nSPS) is 14.3. The van der Waals surface area contributed by atoms with Crippen LogP contribution in [0.1, 0.15) is 26.3 Å². The number of amides is 1. The molecule has 0 aliphatic carbocycles. The third-order valence-electron chi connectivity index (χ3n) is 4.05. The minimum absolute atomic E-state index is 0.0508. The Labute approximate surface area is 144 Å². The van der Waals surface area contributed by atoms with Crippen LogP contribution in [0.4, 0.5) is 0 Å². The Morgan fingerprint density at radius 1 is 1.46 bits per heavy atom. The standard InChI is InChI=1S/C19H27N3O2/c1-6-11-24-17-9-7-16(8-10-17)12-22(5)13-18(23)21-19(4,14-20)15(2)3/h6-10,15H,1,11-13H2,2-5H3,(H,21,23)/p+1/t19-/m0/s1. The number of likely N-dealkylation sites (N-methyl/N-ethyl adjacent to an activating group) is 1. The Morgan fingerprint density at radius 2 is 2.08 bits per heavy atom. The Hall–Kier alpha value is -2.32. The second kappa shape index (κ2) is 9.09. The third kappa shape index (κ3) is 6.05. The van der Waals surface area contributed by atoms with Crippen LogP contribution in [0.3, 0.4) is 0 Å². The van der Waals surface area contributed by atoms with Gasteiger partial charge in [0.1, 0.15) is 24.4 Å². The molecule has 130 valence electrons. The number of carbonyl (C=O) groups is 1. The van der Waals surface area contributed by atoms with E-state index in [-0.39, 0.29) is 11.8 Å². The first-order chi connectivity index (χ1) is 11.3. The van der Waals surface area contributed by atoms with Crippen molar-refractivity contribution in [1.82, 2.24) is 5.32 Å². The van der Waals surface area contributed by atoms with E-state index in [0.29, 0.717) is 13.2 Å². The number of nitrogens with one attached hydrogen (secondary N) is 2. The van der Waals surface area contributed by atoms with Crippen molar-refractivity contribution in [2.75, 3.05) is 20.2 Å². The van der Waals surface area contributed by atoms with Gasteiger partial charge in [-0.05, 0) is 37.1 Å². The molecule has 1 rings (SSSR count). The summed E-state index contributed by atoms with van der Waals surface area (Å²) in [6.07, 6.45) is 1.70. The van der Waals surface area contributed by atoms with Crippen molar-refractivity contribution < 1.29 is 14.4 Å². The van der Waals surface area contributed by atoms with Gasteiger partial charge in [0.05, 0.1) is 13.1 Å². The summed E-state index contributed by atoms with van der Waals surface area (Å²) < 4.78 is 5.45. The highest BCUT2D eigenvalue weighted by Crippen LogP contribution is 2.14. The van der Waals surface area contributed by atoms with Gasteiger partial charge in [-0.25, -0.2) is 0 Å². The van der Waals surface area contributed by atoms with E-state index in [4.69, 9.17) is 4.74 Å². The average Bonchev–Trinajstić information content (AvgIpc) is 2.53. The van der Waals surface area contributed by atoms with Gasteiger partial charge in [-0.3, -0.25) is 4.79 Å². The molecule has 1 amide bonds. The molecule has 0 bridgehead atoms. The van der Waals surface area contributed by atoms with Gasteiger partial charge < -0.3 is 15.0 Å². The van der Waals surface area contributed by atoms with E-state index in [1.165, 1.54) is 0 Å². The summed E-state index contributed by atoms with van der Waals surface area (Å²) in [7, 11) is 1.96. The van der Waals surface area contributed by atoms with E-state index in [2.05, 4.69) is 18.0 Å². The number of hydrogen-bond acceptors (Lipinski definition) is 3. The SMILES string of the molecule is C=CCOc1ccc(C[NH+](C)CC(=O)N[C@@](C)(C#N)C(C)C)cc1. The van der Waals surface area contributed by atoms with Crippen molar-refractivity contribution in [3.05, 3.63) is 42.5 Å². The fourth-order valence-corrected chi connectivity index (χ4v) is 2.18. The van der Waals surface area contributed by atoms with E-state index < -0.39 is 5.54 Å². The van der Waals surface area contributed by atoms with E-state index in [1.54, 1.807) is 13.0 Å². The molecule has 5 heteroatoms. The topological polar surface area (TPSA) is 66.6 Å². The predicted octanol–water partition coefficient (Wildman–Crippen LogP) is 1.32. The molecule has 0 saturated heterocycles. The fraction of sp³-hybridized carbons (Fsp3) is 0.474. The highest BCUT2D eigenvalue weighted by molar-refractivity contribution is 5.78. The average molecular weight is 330 g/mol. The largest absolute Gasteiger partial charge is 0.490 e. The van der Waals surface area contributed by atoms with Gasteiger partial charge in [0, 0.05) is 5.56 Å². The number of ether oxygens (including phenoxy) is 1. The molecule has 0 heterocycles. The molecule has 0 aliphatic heterocycles. The van der Waals surface area contributed by atoms with Crippen molar-refractivity contribution in [1.29, 1.82) is 5.26 Å². The zero-order valence-electron chi connectivity index (χ0n) is 15.1. The van der Waals surface area contributed by atoms with Crippen LogP contribution in [0, 0.1) is 17.2 Å². The molecule has 2 N–H and O–H groups in total. The lowest BCUT2D eigenvalue weighted by atomic mass is 9.90. The molecule has 0 aliphatic rings. The highest BCUT2D eigenvalue weighted by atomic mass is 16.5. The van der Waals surface area contributed by atoms with E-state index in [1.807, 2.05) is 45.2 Å². The number of benzene rings is 1. The molecule has 1 aromatic carbocycles. The quantitative estimate of drug-likeness (QED) is 0.671. The van der Waals surface area contributed by atoms with E-state index in [9.17, 15) is 10.1 Å². The van der Waals surface area contributed by atoms with E-state index in [0.717, 1.165) is 22.8 Å². The van der Waals surface area contributed by atoms with Crippen LogP contribution in [-0.2, 0) is 11.3 Å². The summed E-state index contributed by atoms with van der Waals surface area (Å²) in [4.78, 5) is 13.2. The van der Waals surface area contributed by atoms with Crippen molar-refractivity contribution in [2.45, 2.75) is 32.9 Å². The van der Waals surface area contributed by atoms with Crippen LogP contribution in [-0.4, -0.2) is 31.6 Å². The van der Waals surface area contributed by atoms with Crippen LogP contribution >= 0.6 is 0 Å². The molecule has 1 unspecified atom stereocenters. The molecule has 0 radical (unpaired) electrons. The Kier molecular flexibility index (Phi) is 7.47. The summed E-state index contributed by atoms with van der Waals surface area (Å²) in [5.74, 6) is 0.738. The van der Waals surface area contributed by atoms with Crippen molar-refractivity contribution >= 4 is 5.91 Å². The van der Waals surface area contributed by atoms with Gasteiger partial charge in [0.2, 0.25) is 0 Å². The number of hydrogen-bond donors (Lipinski definition) is 2. The molecule has 0 aromatic heterocycles. The van der Waals surface area contributed by atoms with Crippen molar-refractivity contribution in [3.63, 3.8) is 0 Å². The van der Waals surface area contributed by atoms with Crippen LogP contribution in [0.2, 0.25) is 0 Å². The maximum Gasteiger partial charge on any atom is 0.276 e. The Balaban J connectivity index is 2.53. The van der Waals surface area contributed by atoms with Crippen LogP contribution in [0.15, 0.2) is 36.9 Å². The number of nitriles is 1. The van der Waals surface area contributed by atoms with Crippen LogP contribution in [0.5, 0.6) is 5.75 Å². The molecule has 0 fully saturated rings. The number of carbonyl (C=O) groups excluding carboxylic acids is 1. The second-order valence-corrected chi connectivity index (χ2v) is 6.57. The van der Waals surface area contributed by atoms with E-state index >= 15 is 0 Å². The van der Waals surface area contributed by atoms with Crippen LogP contribution in [0.25, 0.3) is 0 Å². The number of quaternary nitrogens is 1. The first-order valence-electron chi connectivity index (χ1n) is 8.17. The molecule has 0 saturated carbocycles. The lowest BCUT2D eigenvalue weighted by Gasteiger charge is -2.27. The first-order valence-corrected chi connectivity index (χ1v) is 8.17. The van der Waals surface area contributed by atoms with Gasteiger partial charge >= 0.3 is 0 Å². The molecule has 2 atom stereocenters. The zero-order chi connectivity index (χ0) is 18.2. The lowest BCUT2D eigenvalue weighted by Crippen LogP contribution is -3.09. The first kappa shape index (κ1) is 19.7. The Morgan fingerprint density at radius 3 is 2.58 bits per heavy atom. The molecule has 5 nitrogen and oxygen atoms in total. The smallest absolute Gasteiger partial charge is 0.276 e. The summed E-state index contributed by atoms with van der Waals surface area (Å²) >= 11 is 0. The minimum atomic E-state index is -0.832. The predicted molar refractivity (Wildman–Crippen MR) is 94.6 cm³/mol. The maximum atomic E-state index is 12.2. The zero-order valence-corrected chi connectivity index (χ0v) is 15.1. The van der Waals surface area contributed by atoms with Crippen molar-refractivity contribution in [2.24, 2.45) is 5.92 Å². The molecular formula is C19H28N3O2+.